The number of esters is 1. The minimum atomic E-state index is -0.487. The fraction of sp³-hybridized carbons (Fsp3) is 0.725. The van der Waals surface area contributed by atoms with Crippen LogP contribution in [-0.2, 0) is 4.74 Å². The van der Waals surface area contributed by atoms with E-state index in [4.69, 9.17) is 4.74 Å². The van der Waals surface area contributed by atoms with Gasteiger partial charge in [0.25, 0.3) is 0 Å². The molecule has 5 aliphatic carbocycles. The minimum absolute atomic E-state index is 0.0860. The number of fused-ring (bicyclic) bond motifs is 7. The van der Waals surface area contributed by atoms with Crippen molar-refractivity contribution in [3.05, 3.63) is 54.1 Å². The van der Waals surface area contributed by atoms with E-state index in [1.807, 2.05) is 39.8 Å². The molecule has 8 atom stereocenters. The van der Waals surface area contributed by atoms with Gasteiger partial charge >= 0.3 is 5.97 Å². The topological polar surface area (TPSA) is 46.5 Å². The SMILES string of the molecule is C=CC.CC(C)(C)OC(=O)c1ccc(C2=CCC3(C)C(CCC4(C)C5CCC6(CO)CCCC6C5CCC43)C2(C)C)cc1. The highest BCUT2D eigenvalue weighted by Crippen LogP contribution is 2.73. The summed E-state index contributed by atoms with van der Waals surface area (Å²) in [5.74, 6) is 3.61. The second-order valence-electron chi connectivity index (χ2n) is 17.1. The molecule has 3 heteroatoms. The molecule has 6 rings (SSSR count). The van der Waals surface area contributed by atoms with Gasteiger partial charge in [-0.3, -0.25) is 0 Å². The third-order valence-electron chi connectivity index (χ3n) is 13.4. The van der Waals surface area contributed by atoms with Crippen LogP contribution in [0.3, 0.4) is 0 Å². The number of aliphatic hydroxyl groups excluding tert-OH is 1. The summed E-state index contributed by atoms with van der Waals surface area (Å²) >= 11 is 0. The standard InChI is InChI=1S/C37H54O3.C3H6/c1-33(2,3)40-32(39)25-12-10-24(11-13-25)27-16-20-36(7)30(34(27,4)5)18-21-35(6)28-17-22-37(23-38)19-8-9-29(37)26(28)14-15-31(35)36;1-3-2/h10-13,16,26,28-31,38H,8-9,14-15,17-23H2,1-7H3;3H,1H2,2H3. The zero-order chi connectivity index (χ0) is 31.4. The summed E-state index contributed by atoms with van der Waals surface area (Å²) in [6, 6.07) is 8.19. The largest absolute Gasteiger partial charge is 0.456 e. The van der Waals surface area contributed by atoms with Gasteiger partial charge in [0, 0.05) is 6.61 Å². The average molecular weight is 589 g/mol. The zero-order valence-electron chi connectivity index (χ0n) is 28.6. The Labute approximate surface area is 263 Å². The zero-order valence-corrected chi connectivity index (χ0v) is 28.6. The number of ether oxygens (including phenoxy) is 1. The quantitative estimate of drug-likeness (QED) is 0.282. The number of rotatable bonds is 3. The number of hydrogen-bond acceptors (Lipinski definition) is 3. The number of carbonyl (C=O) groups is 1. The highest BCUT2D eigenvalue weighted by molar-refractivity contribution is 5.90. The summed E-state index contributed by atoms with van der Waals surface area (Å²) in [4.78, 5) is 12.6. The van der Waals surface area contributed by atoms with Crippen molar-refractivity contribution in [2.75, 3.05) is 6.61 Å². The molecule has 0 aromatic heterocycles. The lowest BCUT2D eigenvalue weighted by atomic mass is 9.36. The summed E-state index contributed by atoms with van der Waals surface area (Å²) in [5, 5.41) is 10.5. The number of aliphatic hydroxyl groups is 1. The molecule has 4 fully saturated rings. The number of benzene rings is 1. The molecule has 4 saturated carbocycles. The second kappa shape index (κ2) is 11.5. The van der Waals surface area contributed by atoms with Gasteiger partial charge in [0.15, 0.2) is 0 Å². The van der Waals surface area contributed by atoms with Gasteiger partial charge in [-0.05, 0) is 160 Å². The van der Waals surface area contributed by atoms with Gasteiger partial charge in [-0.1, -0.05) is 58.4 Å². The van der Waals surface area contributed by atoms with Gasteiger partial charge in [-0.25, -0.2) is 4.79 Å². The van der Waals surface area contributed by atoms with Crippen molar-refractivity contribution in [2.24, 2.45) is 51.2 Å². The van der Waals surface area contributed by atoms with Gasteiger partial charge in [0.05, 0.1) is 5.56 Å². The van der Waals surface area contributed by atoms with E-state index in [-0.39, 0.29) is 16.8 Å². The summed E-state index contributed by atoms with van der Waals surface area (Å²) < 4.78 is 5.60. The molecule has 238 valence electrons. The first-order valence-electron chi connectivity index (χ1n) is 17.4. The molecule has 0 amide bonds. The lowest BCUT2D eigenvalue weighted by molar-refractivity contribution is -0.181. The normalized spacial score (nSPS) is 39.5. The molecule has 0 aliphatic heterocycles. The Morgan fingerprint density at radius 2 is 1.60 bits per heavy atom. The summed E-state index contributed by atoms with van der Waals surface area (Å²) in [6.45, 7) is 21.7. The van der Waals surface area contributed by atoms with Crippen LogP contribution in [0.2, 0.25) is 0 Å². The average Bonchev–Trinajstić information content (AvgIpc) is 3.37. The number of hydrogen-bond donors (Lipinski definition) is 1. The van der Waals surface area contributed by atoms with E-state index in [2.05, 4.69) is 52.5 Å². The second-order valence-corrected chi connectivity index (χ2v) is 17.1. The number of allylic oxidation sites excluding steroid dienone is 3. The molecular weight excluding hydrogens is 528 g/mol. The predicted octanol–water partition coefficient (Wildman–Crippen LogP) is 10.3. The molecule has 0 spiro atoms. The van der Waals surface area contributed by atoms with Crippen LogP contribution in [0.1, 0.15) is 136 Å². The van der Waals surface area contributed by atoms with E-state index < -0.39 is 5.60 Å². The maximum absolute atomic E-state index is 12.6. The molecule has 0 heterocycles. The Kier molecular flexibility index (Phi) is 8.69. The van der Waals surface area contributed by atoms with Gasteiger partial charge in [0.2, 0.25) is 0 Å². The first-order valence-corrected chi connectivity index (χ1v) is 17.4. The molecule has 5 aliphatic rings. The van der Waals surface area contributed by atoms with E-state index in [0.29, 0.717) is 28.9 Å². The Balaban J connectivity index is 0.00000118. The van der Waals surface area contributed by atoms with Crippen molar-refractivity contribution in [2.45, 2.75) is 125 Å². The molecule has 43 heavy (non-hydrogen) atoms. The fourth-order valence-electron chi connectivity index (χ4n) is 11.9. The Morgan fingerprint density at radius 3 is 2.23 bits per heavy atom. The molecular formula is C40H60O3. The first kappa shape index (κ1) is 32.5. The van der Waals surface area contributed by atoms with Crippen LogP contribution in [-0.4, -0.2) is 23.3 Å². The van der Waals surface area contributed by atoms with E-state index in [0.717, 1.165) is 30.1 Å². The molecule has 8 unspecified atom stereocenters. The first-order chi connectivity index (χ1) is 20.2. The predicted molar refractivity (Wildman–Crippen MR) is 179 cm³/mol. The van der Waals surface area contributed by atoms with Gasteiger partial charge in [-0.15, -0.1) is 6.58 Å². The van der Waals surface area contributed by atoms with Crippen LogP contribution in [0.4, 0.5) is 0 Å². The van der Waals surface area contributed by atoms with Crippen LogP contribution in [0.5, 0.6) is 0 Å². The maximum Gasteiger partial charge on any atom is 0.338 e. The van der Waals surface area contributed by atoms with Crippen molar-refractivity contribution < 1.29 is 14.6 Å². The Hall–Kier alpha value is -1.87. The monoisotopic (exact) mass is 588 g/mol. The van der Waals surface area contributed by atoms with Crippen LogP contribution >= 0.6 is 0 Å². The third-order valence-corrected chi connectivity index (χ3v) is 13.4. The molecule has 1 N–H and O–H groups in total. The van der Waals surface area contributed by atoms with Crippen molar-refractivity contribution in [3.8, 4) is 0 Å². The Morgan fingerprint density at radius 1 is 0.930 bits per heavy atom. The maximum atomic E-state index is 12.6. The Bertz CT molecular complexity index is 1220. The van der Waals surface area contributed by atoms with Crippen LogP contribution in [0.25, 0.3) is 5.57 Å². The van der Waals surface area contributed by atoms with E-state index in [1.54, 1.807) is 6.08 Å². The molecule has 1 aromatic carbocycles. The third kappa shape index (κ3) is 5.38. The van der Waals surface area contributed by atoms with Crippen molar-refractivity contribution in [3.63, 3.8) is 0 Å². The van der Waals surface area contributed by atoms with Crippen LogP contribution < -0.4 is 0 Å². The summed E-state index contributed by atoms with van der Waals surface area (Å²) in [6.07, 6.45) is 17.4. The van der Waals surface area contributed by atoms with Crippen LogP contribution in [0.15, 0.2) is 43.0 Å². The number of carbonyl (C=O) groups excluding carboxylic acids is 1. The van der Waals surface area contributed by atoms with Crippen LogP contribution in [0, 0.1) is 51.2 Å². The van der Waals surface area contributed by atoms with Crippen molar-refractivity contribution in [1.29, 1.82) is 0 Å². The van der Waals surface area contributed by atoms with Crippen molar-refractivity contribution in [1.82, 2.24) is 0 Å². The van der Waals surface area contributed by atoms with Gasteiger partial charge in [-0.2, -0.15) is 0 Å². The highest BCUT2D eigenvalue weighted by Gasteiger charge is 2.65. The molecule has 0 bridgehead atoms. The summed E-state index contributed by atoms with van der Waals surface area (Å²) in [5.41, 5.74) is 3.93. The highest BCUT2D eigenvalue weighted by atomic mass is 16.6. The van der Waals surface area contributed by atoms with E-state index >= 15 is 0 Å². The molecule has 0 saturated heterocycles. The summed E-state index contributed by atoms with van der Waals surface area (Å²) in [7, 11) is 0. The fourth-order valence-corrected chi connectivity index (χ4v) is 11.9. The minimum Gasteiger partial charge on any atom is -0.456 e. The van der Waals surface area contributed by atoms with Gasteiger partial charge < -0.3 is 9.84 Å². The molecule has 3 nitrogen and oxygen atoms in total. The van der Waals surface area contributed by atoms with E-state index in [1.165, 1.54) is 68.9 Å². The molecule has 1 aromatic rings. The smallest absolute Gasteiger partial charge is 0.338 e. The van der Waals surface area contributed by atoms with Gasteiger partial charge in [0.1, 0.15) is 5.60 Å². The lowest BCUT2D eigenvalue weighted by Gasteiger charge is -2.68. The van der Waals surface area contributed by atoms with Crippen molar-refractivity contribution >= 4 is 11.5 Å². The lowest BCUT2D eigenvalue weighted by Crippen LogP contribution is -2.61. The van der Waals surface area contributed by atoms with E-state index in [9.17, 15) is 9.90 Å². The molecule has 0 radical (unpaired) electrons.